The Morgan fingerprint density at radius 3 is 2.37 bits per heavy atom. The highest BCUT2D eigenvalue weighted by atomic mass is 32.2. The van der Waals surface area contributed by atoms with Gasteiger partial charge in [-0.05, 0) is 39.0 Å². The maximum atomic E-state index is 13.3. The monoisotopic (exact) mass is 463 g/mol. The number of sulfonamides is 1. The lowest BCUT2D eigenvalue weighted by Crippen LogP contribution is -2.48. The number of anilines is 1. The molecule has 0 spiro atoms. The second-order valence-electron chi connectivity index (χ2n) is 7.28. The predicted octanol–water partition coefficient (Wildman–Crippen LogP) is 4.32. The number of aromatic nitrogens is 1. The molecule has 1 aliphatic heterocycles. The number of nitrogens with zero attached hydrogens (tertiary/aromatic N) is 3. The molecule has 30 heavy (non-hydrogen) atoms. The molecule has 0 saturated carbocycles. The fourth-order valence-electron chi connectivity index (χ4n) is 3.54. The van der Waals surface area contributed by atoms with Gasteiger partial charge >= 0.3 is 0 Å². The van der Waals surface area contributed by atoms with Crippen LogP contribution in [0.15, 0.2) is 35.2 Å². The summed E-state index contributed by atoms with van der Waals surface area (Å²) in [5, 5.41) is 0.891. The summed E-state index contributed by atoms with van der Waals surface area (Å²) < 4.78 is 33.6. The van der Waals surface area contributed by atoms with Crippen molar-refractivity contribution in [1.29, 1.82) is 0 Å². The van der Waals surface area contributed by atoms with E-state index in [1.807, 2.05) is 45.0 Å². The van der Waals surface area contributed by atoms with Gasteiger partial charge in [-0.25, -0.2) is 13.4 Å². The third kappa shape index (κ3) is 3.99. The van der Waals surface area contributed by atoms with E-state index in [9.17, 15) is 8.42 Å². The van der Waals surface area contributed by atoms with Crippen molar-refractivity contribution in [1.82, 2.24) is 9.29 Å². The van der Waals surface area contributed by atoms with Gasteiger partial charge in [0.25, 0.3) is 0 Å². The number of hydrogen-bond donors (Lipinski definition) is 0. The van der Waals surface area contributed by atoms with Crippen molar-refractivity contribution in [3.05, 3.63) is 45.8 Å². The summed E-state index contributed by atoms with van der Waals surface area (Å²) in [6.45, 7) is 8.10. The lowest BCUT2D eigenvalue weighted by molar-refractivity contribution is 0.384. The van der Waals surface area contributed by atoms with Gasteiger partial charge in [-0.3, -0.25) is 0 Å². The van der Waals surface area contributed by atoms with E-state index >= 15 is 0 Å². The molecule has 0 aliphatic carbocycles. The summed E-state index contributed by atoms with van der Waals surface area (Å²) >= 11 is 3.11. The smallest absolute Gasteiger partial charge is 0.244 e. The van der Waals surface area contributed by atoms with Gasteiger partial charge in [-0.1, -0.05) is 6.07 Å². The van der Waals surface area contributed by atoms with Gasteiger partial charge in [0, 0.05) is 47.7 Å². The lowest BCUT2D eigenvalue weighted by Gasteiger charge is -2.35. The quantitative estimate of drug-likeness (QED) is 0.564. The molecule has 4 rings (SSSR count). The number of rotatable bonds is 5. The number of aryl methyl sites for hydroxylation is 3. The molecule has 1 fully saturated rings. The van der Waals surface area contributed by atoms with Gasteiger partial charge < -0.3 is 9.64 Å². The Bertz CT molecular complexity index is 1140. The molecular weight excluding hydrogens is 438 g/mol. The van der Waals surface area contributed by atoms with Crippen molar-refractivity contribution in [3.63, 3.8) is 0 Å². The average Bonchev–Trinajstić information content (AvgIpc) is 3.30. The zero-order valence-electron chi connectivity index (χ0n) is 17.5. The molecule has 1 aliphatic rings. The summed E-state index contributed by atoms with van der Waals surface area (Å²) in [5.74, 6) is 0.802. The van der Waals surface area contributed by atoms with Gasteiger partial charge in [0.1, 0.15) is 10.8 Å². The molecule has 2 aromatic heterocycles. The number of thiophene rings is 1. The maximum Gasteiger partial charge on any atom is 0.244 e. The van der Waals surface area contributed by atoms with Gasteiger partial charge in [-0.2, -0.15) is 4.31 Å². The van der Waals surface area contributed by atoms with E-state index in [4.69, 9.17) is 4.74 Å². The third-order valence-corrected chi connectivity index (χ3v) is 9.83. The van der Waals surface area contributed by atoms with Gasteiger partial charge in [0.15, 0.2) is 0 Å². The third-order valence-electron chi connectivity index (χ3n) is 5.39. The lowest BCUT2D eigenvalue weighted by atomic mass is 10.2. The molecule has 9 heteroatoms. The van der Waals surface area contributed by atoms with E-state index in [-0.39, 0.29) is 0 Å². The summed E-state index contributed by atoms with van der Waals surface area (Å²) in [4.78, 5) is 10.1. The minimum atomic E-state index is -3.53. The normalized spacial score (nSPS) is 15.5. The van der Waals surface area contributed by atoms with Crippen LogP contribution in [0.4, 0.5) is 5.69 Å². The fourth-order valence-corrected chi connectivity index (χ4v) is 7.48. The van der Waals surface area contributed by atoms with Gasteiger partial charge in [0.2, 0.25) is 10.0 Å². The highest BCUT2D eigenvalue weighted by molar-refractivity contribution is 7.89. The van der Waals surface area contributed by atoms with Crippen LogP contribution >= 0.6 is 22.7 Å². The summed E-state index contributed by atoms with van der Waals surface area (Å²) in [7, 11) is -1.88. The van der Waals surface area contributed by atoms with Crippen molar-refractivity contribution in [2.24, 2.45) is 0 Å². The Morgan fingerprint density at radius 1 is 1.00 bits per heavy atom. The van der Waals surface area contributed by atoms with E-state index in [1.165, 1.54) is 11.3 Å². The van der Waals surface area contributed by atoms with Crippen LogP contribution in [-0.4, -0.2) is 51.0 Å². The number of piperazine rings is 1. The Labute approximate surface area is 185 Å². The minimum absolute atomic E-state index is 0.405. The van der Waals surface area contributed by atoms with Crippen LogP contribution < -0.4 is 9.64 Å². The second kappa shape index (κ2) is 8.30. The summed E-state index contributed by atoms with van der Waals surface area (Å²) in [5.41, 5.74) is 2.05. The summed E-state index contributed by atoms with van der Waals surface area (Å²) in [6, 6.07) is 9.67. The molecule has 1 saturated heterocycles. The topological polar surface area (TPSA) is 62.7 Å². The number of methoxy groups -OCH3 is 1. The molecule has 160 valence electrons. The zero-order valence-corrected chi connectivity index (χ0v) is 20.0. The molecule has 6 nitrogen and oxygen atoms in total. The maximum absolute atomic E-state index is 13.3. The van der Waals surface area contributed by atoms with Crippen LogP contribution in [0.2, 0.25) is 0 Å². The Balaban J connectivity index is 1.52. The highest BCUT2D eigenvalue weighted by Crippen LogP contribution is 2.37. The fraction of sp³-hybridized carbons (Fsp3) is 0.381. The first-order chi connectivity index (χ1) is 14.3. The minimum Gasteiger partial charge on any atom is -0.497 e. The first kappa shape index (κ1) is 21.3. The van der Waals surface area contributed by atoms with Gasteiger partial charge in [0.05, 0.1) is 22.6 Å². The molecule has 0 amide bonds. The van der Waals surface area contributed by atoms with Crippen LogP contribution in [0, 0.1) is 20.8 Å². The van der Waals surface area contributed by atoms with Crippen LogP contribution in [0.5, 0.6) is 5.75 Å². The number of thiazole rings is 1. The molecule has 0 bridgehead atoms. The van der Waals surface area contributed by atoms with Crippen molar-refractivity contribution in [2.45, 2.75) is 25.7 Å². The van der Waals surface area contributed by atoms with Crippen LogP contribution in [0.25, 0.3) is 9.88 Å². The molecule has 0 unspecified atom stereocenters. The van der Waals surface area contributed by atoms with Crippen molar-refractivity contribution < 1.29 is 13.2 Å². The second-order valence-corrected chi connectivity index (χ2v) is 11.7. The van der Waals surface area contributed by atoms with E-state index in [0.717, 1.165) is 36.8 Å². The molecule has 3 aromatic rings. The standard InChI is InChI=1S/C21H25N3O3S3/c1-14-15(2)29-21(22-14)19-13-20(16(3)28-19)30(25,26)24-10-8-23(9-11-24)17-6-5-7-18(12-17)27-4/h5-7,12-13H,8-11H2,1-4H3. The number of benzene rings is 1. The number of ether oxygens (including phenoxy) is 1. The van der Waals surface area contributed by atoms with E-state index in [2.05, 4.69) is 9.88 Å². The zero-order chi connectivity index (χ0) is 21.5. The van der Waals surface area contributed by atoms with Crippen molar-refractivity contribution >= 4 is 38.4 Å². The summed E-state index contributed by atoms with van der Waals surface area (Å²) in [6.07, 6.45) is 0. The van der Waals surface area contributed by atoms with Crippen molar-refractivity contribution in [2.75, 3.05) is 38.2 Å². The SMILES string of the molecule is COc1cccc(N2CCN(S(=O)(=O)c3cc(-c4nc(C)c(C)s4)sc3C)CC2)c1. The van der Waals surface area contributed by atoms with Crippen LogP contribution in [0.1, 0.15) is 15.4 Å². The Kier molecular flexibility index (Phi) is 5.89. The molecule has 0 atom stereocenters. The first-order valence-electron chi connectivity index (χ1n) is 9.73. The molecule has 1 aromatic carbocycles. The van der Waals surface area contributed by atoms with E-state index < -0.39 is 10.0 Å². The molecular formula is C21H25N3O3S3. The Morgan fingerprint density at radius 2 is 1.73 bits per heavy atom. The number of hydrogen-bond acceptors (Lipinski definition) is 7. The molecule has 0 N–H and O–H groups in total. The molecule has 0 radical (unpaired) electrons. The Hall–Kier alpha value is -1.94. The predicted molar refractivity (Wildman–Crippen MR) is 124 cm³/mol. The first-order valence-corrected chi connectivity index (χ1v) is 12.8. The van der Waals surface area contributed by atoms with Crippen molar-refractivity contribution in [3.8, 4) is 15.6 Å². The van der Waals surface area contributed by atoms with E-state index in [0.29, 0.717) is 31.1 Å². The van der Waals surface area contributed by atoms with Crippen LogP contribution in [0.3, 0.4) is 0 Å². The van der Waals surface area contributed by atoms with Gasteiger partial charge in [-0.15, -0.1) is 22.7 Å². The van der Waals surface area contributed by atoms with Crippen LogP contribution in [-0.2, 0) is 10.0 Å². The largest absolute Gasteiger partial charge is 0.497 e. The molecule has 3 heterocycles. The van der Waals surface area contributed by atoms with E-state index in [1.54, 1.807) is 28.8 Å². The highest BCUT2D eigenvalue weighted by Gasteiger charge is 2.31. The average molecular weight is 464 g/mol.